The third-order valence-electron chi connectivity index (χ3n) is 4.09. The molecule has 0 radical (unpaired) electrons. The van der Waals surface area contributed by atoms with Crippen LogP contribution >= 0.6 is 11.6 Å². The second kappa shape index (κ2) is 7.65. The average molecular weight is 395 g/mol. The van der Waals surface area contributed by atoms with E-state index in [0.29, 0.717) is 17.3 Å². The molecule has 138 valence electrons. The van der Waals surface area contributed by atoms with Crippen molar-refractivity contribution in [2.24, 2.45) is 0 Å². The van der Waals surface area contributed by atoms with E-state index < -0.39 is 10.0 Å². The van der Waals surface area contributed by atoms with E-state index in [-0.39, 0.29) is 30.5 Å². The summed E-state index contributed by atoms with van der Waals surface area (Å²) in [6.45, 7) is 2.47. The Labute approximate surface area is 157 Å². The summed E-state index contributed by atoms with van der Waals surface area (Å²) in [6.07, 6.45) is 0. The molecule has 0 spiro atoms. The average Bonchev–Trinajstić information content (AvgIpc) is 2.74. The smallest absolute Gasteiger partial charge is 0.260 e. The molecular formula is C18H19ClN2O4S. The summed E-state index contributed by atoms with van der Waals surface area (Å²) >= 11 is 6.01. The van der Waals surface area contributed by atoms with E-state index in [2.05, 4.69) is 4.72 Å². The number of hydrogen-bond acceptors (Lipinski definition) is 4. The molecule has 1 N–H and O–H groups in total. The lowest BCUT2D eigenvalue weighted by Gasteiger charge is -2.20. The number of nitrogens with zero attached hydrogens (tertiary/aromatic N) is 1. The van der Waals surface area contributed by atoms with Crippen LogP contribution in [0.25, 0.3) is 0 Å². The summed E-state index contributed by atoms with van der Waals surface area (Å²) in [5.74, 6) is 0.414. The number of nitrogens with one attached hydrogen (secondary N) is 1. The fraction of sp³-hybridized carbons (Fsp3) is 0.278. The van der Waals surface area contributed by atoms with Crippen LogP contribution in [-0.4, -0.2) is 38.9 Å². The number of carbonyl (C=O) groups is 1. The van der Waals surface area contributed by atoms with Gasteiger partial charge >= 0.3 is 0 Å². The van der Waals surface area contributed by atoms with Gasteiger partial charge in [-0.25, -0.2) is 13.1 Å². The van der Waals surface area contributed by atoms with Crippen molar-refractivity contribution in [2.75, 3.05) is 19.7 Å². The molecule has 6 nitrogen and oxygen atoms in total. The van der Waals surface area contributed by atoms with Gasteiger partial charge in [-0.1, -0.05) is 29.3 Å². The van der Waals surface area contributed by atoms with Crippen LogP contribution in [0.5, 0.6) is 5.75 Å². The van der Waals surface area contributed by atoms with Crippen LogP contribution in [0.3, 0.4) is 0 Å². The van der Waals surface area contributed by atoms with E-state index in [9.17, 15) is 13.2 Å². The predicted molar refractivity (Wildman–Crippen MR) is 98.7 cm³/mol. The number of ether oxygens (including phenoxy) is 1. The van der Waals surface area contributed by atoms with E-state index in [1.165, 1.54) is 0 Å². The molecule has 2 aromatic carbocycles. The number of sulfonamides is 1. The molecule has 26 heavy (non-hydrogen) atoms. The maximum Gasteiger partial charge on any atom is 0.260 e. The van der Waals surface area contributed by atoms with Crippen molar-refractivity contribution in [1.82, 2.24) is 9.62 Å². The van der Waals surface area contributed by atoms with Gasteiger partial charge in [-0.15, -0.1) is 0 Å². The molecule has 0 unspecified atom stereocenters. The summed E-state index contributed by atoms with van der Waals surface area (Å²) in [7, 11) is -3.61. The number of halogens is 1. The van der Waals surface area contributed by atoms with Gasteiger partial charge in [0.05, 0.1) is 4.90 Å². The topological polar surface area (TPSA) is 75.7 Å². The largest absolute Gasteiger partial charge is 0.483 e. The molecule has 0 fully saturated rings. The van der Waals surface area contributed by atoms with Gasteiger partial charge in [-0.05, 0) is 37.3 Å². The summed E-state index contributed by atoms with van der Waals surface area (Å²) in [5.41, 5.74) is 1.78. The molecule has 1 aliphatic rings. The molecular weight excluding hydrogens is 376 g/mol. The van der Waals surface area contributed by atoms with Crippen LogP contribution in [0.1, 0.15) is 11.1 Å². The van der Waals surface area contributed by atoms with Gasteiger partial charge in [0.1, 0.15) is 5.75 Å². The van der Waals surface area contributed by atoms with Crippen molar-refractivity contribution in [1.29, 1.82) is 0 Å². The van der Waals surface area contributed by atoms with Crippen LogP contribution in [0.2, 0.25) is 5.02 Å². The van der Waals surface area contributed by atoms with E-state index in [1.54, 1.807) is 47.4 Å². The Hall–Kier alpha value is -2.09. The third-order valence-corrected chi connectivity index (χ3v) is 5.80. The maximum absolute atomic E-state index is 12.3. The SMILES string of the molecule is Cc1ccc(S(=O)(=O)NCCN2Cc3cc(Cl)ccc3OCC2=O)cc1. The monoisotopic (exact) mass is 394 g/mol. The van der Waals surface area contributed by atoms with Gasteiger partial charge in [0.15, 0.2) is 6.61 Å². The second-order valence-corrected chi connectivity index (χ2v) is 8.27. The normalized spacial score (nSPS) is 14.5. The second-order valence-electron chi connectivity index (χ2n) is 6.07. The molecule has 1 heterocycles. The molecule has 0 saturated carbocycles. The first kappa shape index (κ1) is 18.7. The first-order valence-corrected chi connectivity index (χ1v) is 9.96. The Morgan fingerprint density at radius 3 is 2.65 bits per heavy atom. The van der Waals surface area contributed by atoms with Crippen LogP contribution in [-0.2, 0) is 21.4 Å². The van der Waals surface area contributed by atoms with Gasteiger partial charge in [0.2, 0.25) is 10.0 Å². The maximum atomic E-state index is 12.3. The Morgan fingerprint density at radius 1 is 1.19 bits per heavy atom. The molecule has 0 atom stereocenters. The number of amides is 1. The van der Waals surface area contributed by atoms with Crippen LogP contribution in [0.4, 0.5) is 0 Å². The lowest BCUT2D eigenvalue weighted by molar-refractivity contribution is -0.133. The number of hydrogen-bond donors (Lipinski definition) is 1. The van der Waals surface area contributed by atoms with E-state index in [4.69, 9.17) is 16.3 Å². The van der Waals surface area contributed by atoms with Crippen LogP contribution in [0, 0.1) is 6.92 Å². The number of carbonyl (C=O) groups excluding carboxylic acids is 1. The van der Waals surface area contributed by atoms with Crippen molar-refractivity contribution in [2.45, 2.75) is 18.4 Å². The van der Waals surface area contributed by atoms with E-state index in [1.807, 2.05) is 6.92 Å². The predicted octanol–water partition coefficient (Wildman–Crippen LogP) is 2.35. The highest BCUT2D eigenvalue weighted by Crippen LogP contribution is 2.26. The highest BCUT2D eigenvalue weighted by molar-refractivity contribution is 7.89. The fourth-order valence-electron chi connectivity index (χ4n) is 2.66. The zero-order valence-corrected chi connectivity index (χ0v) is 15.8. The zero-order chi connectivity index (χ0) is 18.7. The summed E-state index contributed by atoms with van der Waals surface area (Å²) in [4.78, 5) is 14.0. The molecule has 0 saturated heterocycles. The number of rotatable bonds is 5. The van der Waals surface area contributed by atoms with Gasteiger partial charge in [-0.3, -0.25) is 4.79 Å². The van der Waals surface area contributed by atoms with Crippen LogP contribution < -0.4 is 9.46 Å². The summed E-state index contributed by atoms with van der Waals surface area (Å²) in [6, 6.07) is 11.8. The van der Waals surface area contributed by atoms with Crippen molar-refractivity contribution < 1.29 is 17.9 Å². The van der Waals surface area contributed by atoms with Crippen molar-refractivity contribution >= 4 is 27.5 Å². The van der Waals surface area contributed by atoms with Crippen LogP contribution in [0.15, 0.2) is 47.4 Å². The van der Waals surface area contributed by atoms with Crippen molar-refractivity contribution in [3.05, 3.63) is 58.6 Å². The first-order chi connectivity index (χ1) is 12.3. The molecule has 2 aromatic rings. The molecule has 0 aromatic heterocycles. The minimum Gasteiger partial charge on any atom is -0.483 e. The Morgan fingerprint density at radius 2 is 1.92 bits per heavy atom. The van der Waals surface area contributed by atoms with Gasteiger partial charge < -0.3 is 9.64 Å². The molecule has 1 amide bonds. The molecule has 0 aliphatic carbocycles. The molecule has 0 bridgehead atoms. The van der Waals surface area contributed by atoms with Crippen molar-refractivity contribution in [3.8, 4) is 5.75 Å². The summed E-state index contributed by atoms with van der Waals surface area (Å²) in [5, 5.41) is 0.557. The first-order valence-electron chi connectivity index (χ1n) is 8.10. The fourth-order valence-corrected chi connectivity index (χ4v) is 3.87. The minimum atomic E-state index is -3.61. The lowest BCUT2D eigenvalue weighted by Crippen LogP contribution is -2.39. The van der Waals surface area contributed by atoms with Gasteiger partial charge in [-0.2, -0.15) is 0 Å². The van der Waals surface area contributed by atoms with Crippen molar-refractivity contribution in [3.63, 3.8) is 0 Å². The molecule has 1 aliphatic heterocycles. The van der Waals surface area contributed by atoms with Gasteiger partial charge in [0, 0.05) is 30.2 Å². The Bertz CT molecular complexity index is 913. The standard InChI is InChI=1S/C18H19ClN2O4S/c1-13-2-5-16(6-3-13)26(23,24)20-8-9-21-11-14-10-15(19)4-7-17(14)25-12-18(21)22/h2-7,10,20H,8-9,11-12H2,1H3. The minimum absolute atomic E-state index is 0.0840. The highest BCUT2D eigenvalue weighted by Gasteiger charge is 2.22. The molecule has 3 rings (SSSR count). The molecule has 8 heteroatoms. The number of aryl methyl sites for hydroxylation is 1. The summed E-state index contributed by atoms with van der Waals surface area (Å²) < 4.78 is 32.7. The number of fused-ring (bicyclic) bond motifs is 1. The lowest BCUT2D eigenvalue weighted by atomic mass is 10.2. The third kappa shape index (κ3) is 4.35. The van der Waals surface area contributed by atoms with Gasteiger partial charge in [0.25, 0.3) is 5.91 Å². The van der Waals surface area contributed by atoms with E-state index in [0.717, 1.165) is 11.1 Å². The zero-order valence-electron chi connectivity index (χ0n) is 14.2. The quantitative estimate of drug-likeness (QED) is 0.844. The number of benzene rings is 2. The van der Waals surface area contributed by atoms with E-state index >= 15 is 0 Å². The highest BCUT2D eigenvalue weighted by atomic mass is 35.5. The Balaban J connectivity index is 1.65. The Kier molecular flexibility index (Phi) is 5.50.